The monoisotopic (exact) mass is 345 g/mol. The van der Waals surface area contributed by atoms with Crippen LogP contribution in [0.5, 0.6) is 5.75 Å². The highest BCUT2D eigenvalue weighted by Crippen LogP contribution is 2.35. The van der Waals surface area contributed by atoms with Gasteiger partial charge in [-0.3, -0.25) is 4.57 Å². The van der Waals surface area contributed by atoms with E-state index in [1.54, 1.807) is 7.11 Å². The van der Waals surface area contributed by atoms with E-state index in [1.807, 2.05) is 72.3 Å². The van der Waals surface area contributed by atoms with Crippen LogP contribution in [0.1, 0.15) is 12.5 Å². The number of methoxy groups -OCH3 is 1. The molecule has 1 aromatic heterocycles. The van der Waals surface area contributed by atoms with Gasteiger partial charge in [0.05, 0.1) is 13.7 Å². The molecule has 1 heterocycles. The molecule has 0 saturated heterocycles. The molecule has 0 fully saturated rings. The third-order valence-electron chi connectivity index (χ3n) is 3.94. The van der Waals surface area contributed by atoms with E-state index in [9.17, 15) is 5.26 Å². The fourth-order valence-electron chi connectivity index (χ4n) is 2.67. The van der Waals surface area contributed by atoms with E-state index >= 15 is 0 Å². The molecule has 0 radical (unpaired) electrons. The Morgan fingerprint density at radius 1 is 1.12 bits per heavy atom. The first-order valence-electron chi connectivity index (χ1n) is 8.28. The van der Waals surface area contributed by atoms with Crippen molar-refractivity contribution >= 4 is 12.2 Å². The summed E-state index contributed by atoms with van der Waals surface area (Å²) < 4.78 is 12.4. The largest absolute Gasteiger partial charge is 0.497 e. The zero-order chi connectivity index (χ0) is 18.4. The number of para-hydroxylation sites is 1. The van der Waals surface area contributed by atoms with Crippen LogP contribution in [-0.4, -0.2) is 24.7 Å². The molecule has 5 nitrogen and oxygen atoms in total. The molecule has 3 rings (SSSR count). The summed E-state index contributed by atoms with van der Waals surface area (Å²) in [5.74, 6) is 1.31. The van der Waals surface area contributed by atoms with Crippen LogP contribution in [-0.2, 0) is 4.74 Å². The van der Waals surface area contributed by atoms with Crippen LogP contribution in [0.2, 0.25) is 0 Å². The van der Waals surface area contributed by atoms with Gasteiger partial charge >= 0.3 is 0 Å². The van der Waals surface area contributed by atoms with Crippen molar-refractivity contribution in [3.63, 3.8) is 0 Å². The third-order valence-corrected chi connectivity index (χ3v) is 3.94. The zero-order valence-electron chi connectivity index (χ0n) is 14.7. The number of ether oxygens (including phenoxy) is 2. The Kier molecular flexibility index (Phi) is 5.35. The lowest BCUT2D eigenvalue weighted by Gasteiger charge is -2.05. The van der Waals surface area contributed by atoms with Crippen LogP contribution < -0.4 is 4.74 Å². The van der Waals surface area contributed by atoms with Gasteiger partial charge in [-0.25, -0.2) is 4.99 Å². The highest BCUT2D eigenvalue weighted by molar-refractivity contribution is 5.79. The lowest BCUT2D eigenvalue weighted by atomic mass is 10.0. The molecule has 0 saturated carbocycles. The molecule has 0 aliphatic heterocycles. The van der Waals surface area contributed by atoms with Crippen molar-refractivity contribution in [2.75, 3.05) is 13.7 Å². The summed E-state index contributed by atoms with van der Waals surface area (Å²) in [5.41, 5.74) is 3.15. The number of benzene rings is 2. The maximum Gasteiger partial charge on any atom is 0.176 e. The minimum absolute atomic E-state index is 0.495. The molecule has 0 N–H and O–H groups in total. The summed E-state index contributed by atoms with van der Waals surface area (Å²) in [7, 11) is 1.63. The van der Waals surface area contributed by atoms with Gasteiger partial charge < -0.3 is 9.47 Å². The molecular weight excluding hydrogens is 326 g/mol. The van der Waals surface area contributed by atoms with Crippen molar-refractivity contribution < 1.29 is 9.47 Å². The van der Waals surface area contributed by atoms with E-state index in [0.717, 1.165) is 22.6 Å². The van der Waals surface area contributed by atoms with Gasteiger partial charge in [-0.1, -0.05) is 30.3 Å². The SMILES string of the molecule is CCOC=Nc1c(C#N)c(-c2ccc(OC)cc2)cn1-c1ccccc1. The molecule has 0 amide bonds. The predicted molar refractivity (Wildman–Crippen MR) is 102 cm³/mol. The minimum Gasteiger partial charge on any atom is -0.497 e. The molecule has 130 valence electrons. The first-order chi connectivity index (χ1) is 12.8. The van der Waals surface area contributed by atoms with Gasteiger partial charge in [0.2, 0.25) is 0 Å². The van der Waals surface area contributed by atoms with Gasteiger partial charge in [-0.15, -0.1) is 0 Å². The number of hydrogen-bond acceptors (Lipinski definition) is 4. The van der Waals surface area contributed by atoms with E-state index in [1.165, 1.54) is 6.40 Å². The van der Waals surface area contributed by atoms with Crippen LogP contribution in [0.25, 0.3) is 16.8 Å². The average Bonchev–Trinajstić information content (AvgIpc) is 3.07. The molecule has 5 heteroatoms. The van der Waals surface area contributed by atoms with E-state index in [4.69, 9.17) is 9.47 Å². The molecule has 0 spiro atoms. The van der Waals surface area contributed by atoms with Crippen molar-refractivity contribution in [3.8, 4) is 28.6 Å². The van der Waals surface area contributed by atoms with E-state index in [-0.39, 0.29) is 0 Å². The number of aromatic nitrogens is 1. The quantitative estimate of drug-likeness (QED) is 0.480. The molecular formula is C21H19N3O2. The van der Waals surface area contributed by atoms with Gasteiger partial charge in [0.1, 0.15) is 17.4 Å². The second kappa shape index (κ2) is 8.04. The van der Waals surface area contributed by atoms with E-state index in [0.29, 0.717) is 18.0 Å². The highest BCUT2D eigenvalue weighted by Gasteiger charge is 2.17. The second-order valence-corrected chi connectivity index (χ2v) is 5.48. The topological polar surface area (TPSA) is 59.5 Å². The van der Waals surface area contributed by atoms with Crippen LogP contribution in [0.3, 0.4) is 0 Å². The normalized spacial score (nSPS) is 10.7. The highest BCUT2D eigenvalue weighted by atomic mass is 16.5. The predicted octanol–water partition coefficient (Wildman–Crippen LogP) is 4.72. The molecule has 0 aliphatic rings. The summed E-state index contributed by atoms with van der Waals surface area (Å²) in [6, 6.07) is 19.7. The van der Waals surface area contributed by atoms with Gasteiger partial charge in [0.25, 0.3) is 0 Å². The summed E-state index contributed by atoms with van der Waals surface area (Å²) in [4.78, 5) is 4.39. The molecule has 3 aromatic rings. The van der Waals surface area contributed by atoms with Gasteiger partial charge in [-0.2, -0.15) is 5.26 Å². The zero-order valence-corrected chi connectivity index (χ0v) is 14.7. The lowest BCUT2D eigenvalue weighted by Crippen LogP contribution is -1.92. The van der Waals surface area contributed by atoms with Crippen LogP contribution in [0.4, 0.5) is 5.82 Å². The van der Waals surface area contributed by atoms with Gasteiger partial charge in [-0.05, 0) is 36.8 Å². The number of hydrogen-bond donors (Lipinski definition) is 0. The molecule has 0 aliphatic carbocycles. The third kappa shape index (κ3) is 3.45. The number of nitrogens with zero attached hydrogens (tertiary/aromatic N) is 3. The Morgan fingerprint density at radius 2 is 1.85 bits per heavy atom. The standard InChI is InChI=1S/C21H19N3O2/c1-3-26-15-23-21-19(13-22)20(16-9-11-18(25-2)12-10-16)14-24(21)17-7-5-4-6-8-17/h4-12,14-15H,3H2,1-2H3. The molecule has 2 aromatic carbocycles. The Bertz CT molecular complexity index is 936. The minimum atomic E-state index is 0.495. The van der Waals surface area contributed by atoms with Crippen molar-refractivity contribution in [1.29, 1.82) is 5.26 Å². The number of aliphatic imine (C=N–C) groups is 1. The van der Waals surface area contributed by atoms with E-state index < -0.39 is 0 Å². The Hall–Kier alpha value is -3.52. The number of rotatable bonds is 6. The maximum atomic E-state index is 9.78. The Morgan fingerprint density at radius 3 is 2.46 bits per heavy atom. The fraction of sp³-hybridized carbons (Fsp3) is 0.143. The van der Waals surface area contributed by atoms with Crippen molar-refractivity contribution in [1.82, 2.24) is 4.57 Å². The van der Waals surface area contributed by atoms with Crippen molar-refractivity contribution in [3.05, 3.63) is 66.4 Å². The maximum absolute atomic E-state index is 9.78. The van der Waals surface area contributed by atoms with Crippen molar-refractivity contribution in [2.24, 2.45) is 4.99 Å². The van der Waals surface area contributed by atoms with E-state index in [2.05, 4.69) is 11.1 Å². The second-order valence-electron chi connectivity index (χ2n) is 5.48. The molecule has 26 heavy (non-hydrogen) atoms. The van der Waals surface area contributed by atoms with Crippen LogP contribution in [0, 0.1) is 11.3 Å². The Balaban J connectivity index is 2.17. The van der Waals surface area contributed by atoms with Crippen LogP contribution in [0.15, 0.2) is 65.8 Å². The first-order valence-corrected chi connectivity index (χ1v) is 8.28. The lowest BCUT2D eigenvalue weighted by molar-refractivity contribution is 0.344. The Labute approximate surface area is 152 Å². The van der Waals surface area contributed by atoms with Gasteiger partial charge in [0.15, 0.2) is 12.2 Å². The first kappa shape index (κ1) is 17.3. The van der Waals surface area contributed by atoms with Crippen LogP contribution >= 0.6 is 0 Å². The summed E-state index contributed by atoms with van der Waals surface area (Å²) in [6.45, 7) is 2.40. The summed E-state index contributed by atoms with van der Waals surface area (Å²) >= 11 is 0. The molecule has 0 unspecified atom stereocenters. The summed E-state index contributed by atoms with van der Waals surface area (Å²) in [6.07, 6.45) is 3.31. The summed E-state index contributed by atoms with van der Waals surface area (Å²) in [5, 5.41) is 9.78. The smallest absolute Gasteiger partial charge is 0.176 e. The molecule has 0 bridgehead atoms. The fourth-order valence-corrected chi connectivity index (χ4v) is 2.67. The number of nitriles is 1. The van der Waals surface area contributed by atoms with Gasteiger partial charge in [0, 0.05) is 17.4 Å². The van der Waals surface area contributed by atoms with Crippen molar-refractivity contribution in [2.45, 2.75) is 6.92 Å². The molecule has 0 atom stereocenters. The average molecular weight is 345 g/mol.